The highest BCUT2D eigenvalue weighted by Gasteiger charge is 1.96. The third-order valence-electron chi connectivity index (χ3n) is 4.76. The van der Waals surface area contributed by atoms with Crippen molar-refractivity contribution in [2.75, 3.05) is 137 Å². The molecule has 0 N–H and O–H groups in total. The SMILES string of the molecule is C=CCOCCOCCOCCOCCOCCOCCOCCOCCOCCOCCCCCCI. The summed E-state index contributed by atoms with van der Waals surface area (Å²) in [6.07, 6.45) is 6.71. The predicted octanol–water partition coefficient (Wildman–Crippen LogP) is 3.33. The van der Waals surface area contributed by atoms with Crippen LogP contribution in [0.2, 0.25) is 0 Å². The van der Waals surface area contributed by atoms with Gasteiger partial charge in [0.05, 0.1) is 126 Å². The van der Waals surface area contributed by atoms with Crippen LogP contribution in [0.3, 0.4) is 0 Å². The van der Waals surface area contributed by atoms with Gasteiger partial charge in [-0.3, -0.25) is 0 Å². The molecule has 0 rings (SSSR count). The molecule has 0 bridgehead atoms. The molecule has 0 amide bonds. The smallest absolute Gasteiger partial charge is 0.0704 e. The Morgan fingerprint density at radius 3 is 0.895 bits per heavy atom. The van der Waals surface area contributed by atoms with E-state index in [1.54, 1.807) is 6.08 Å². The van der Waals surface area contributed by atoms with Crippen molar-refractivity contribution >= 4 is 22.6 Å². The Bertz CT molecular complexity index is 435. The van der Waals surface area contributed by atoms with Crippen molar-refractivity contribution in [2.24, 2.45) is 0 Å². The van der Waals surface area contributed by atoms with E-state index in [4.69, 9.17) is 47.4 Å². The molecule has 11 heteroatoms. The van der Waals surface area contributed by atoms with Crippen LogP contribution in [0.25, 0.3) is 0 Å². The summed E-state index contributed by atoms with van der Waals surface area (Å²) in [7, 11) is 0. The van der Waals surface area contributed by atoms with E-state index in [9.17, 15) is 0 Å². The lowest BCUT2D eigenvalue weighted by Gasteiger charge is -2.09. The maximum atomic E-state index is 5.55. The molecule has 0 heterocycles. The Kier molecular flexibility index (Phi) is 37.1. The molecule has 0 atom stereocenters. The molecular formula is C27H53IO10. The minimum Gasteiger partial charge on any atom is -0.379 e. The number of unbranched alkanes of at least 4 members (excludes halogenated alkanes) is 3. The Morgan fingerprint density at radius 2 is 0.605 bits per heavy atom. The Labute approximate surface area is 244 Å². The van der Waals surface area contributed by atoms with Gasteiger partial charge in [-0.05, 0) is 17.3 Å². The van der Waals surface area contributed by atoms with E-state index in [0.29, 0.717) is 126 Å². The minimum absolute atomic E-state index is 0.528. The van der Waals surface area contributed by atoms with E-state index in [0.717, 1.165) is 13.0 Å². The summed E-state index contributed by atoms with van der Waals surface area (Å²) in [6.45, 7) is 14.9. The second-order valence-electron chi connectivity index (χ2n) is 7.98. The van der Waals surface area contributed by atoms with Crippen LogP contribution in [0.15, 0.2) is 12.7 Å². The first-order chi connectivity index (χ1) is 18.9. The van der Waals surface area contributed by atoms with Gasteiger partial charge in [0.15, 0.2) is 0 Å². The normalized spacial score (nSPS) is 11.4. The Hall–Kier alpha value is 0.0700. The van der Waals surface area contributed by atoms with Crippen LogP contribution in [-0.4, -0.2) is 137 Å². The van der Waals surface area contributed by atoms with Crippen LogP contribution >= 0.6 is 22.6 Å². The van der Waals surface area contributed by atoms with Crippen LogP contribution in [0.5, 0.6) is 0 Å². The summed E-state index contributed by atoms with van der Waals surface area (Å²) in [6, 6.07) is 0. The lowest BCUT2D eigenvalue weighted by Crippen LogP contribution is -2.15. The molecule has 228 valence electrons. The average molecular weight is 665 g/mol. The Balaban J connectivity index is 3.01. The first-order valence-electron chi connectivity index (χ1n) is 13.9. The number of hydrogen-bond acceptors (Lipinski definition) is 10. The van der Waals surface area contributed by atoms with E-state index in [-0.39, 0.29) is 0 Å². The molecule has 0 aliphatic heterocycles. The average Bonchev–Trinajstić information content (AvgIpc) is 2.93. The minimum atomic E-state index is 0.528. The second-order valence-corrected chi connectivity index (χ2v) is 9.06. The lowest BCUT2D eigenvalue weighted by atomic mass is 10.2. The van der Waals surface area contributed by atoms with Gasteiger partial charge < -0.3 is 47.4 Å². The molecule has 0 fully saturated rings. The van der Waals surface area contributed by atoms with Gasteiger partial charge in [-0.15, -0.1) is 6.58 Å². The van der Waals surface area contributed by atoms with E-state index >= 15 is 0 Å². The zero-order chi connectivity index (χ0) is 27.5. The van der Waals surface area contributed by atoms with E-state index < -0.39 is 0 Å². The maximum Gasteiger partial charge on any atom is 0.0704 e. The quantitative estimate of drug-likeness (QED) is 0.0435. The van der Waals surface area contributed by atoms with Gasteiger partial charge in [-0.2, -0.15) is 0 Å². The van der Waals surface area contributed by atoms with Gasteiger partial charge in [0.25, 0.3) is 0 Å². The summed E-state index contributed by atoms with van der Waals surface area (Å²) in [5, 5.41) is 0. The third kappa shape index (κ3) is 36.1. The van der Waals surface area contributed by atoms with Crippen LogP contribution in [0.4, 0.5) is 0 Å². The summed E-state index contributed by atoms with van der Waals surface area (Å²) >= 11 is 2.42. The lowest BCUT2D eigenvalue weighted by molar-refractivity contribution is -0.0261. The van der Waals surface area contributed by atoms with Gasteiger partial charge in [-0.1, -0.05) is 41.5 Å². The fraction of sp³-hybridized carbons (Fsp3) is 0.926. The predicted molar refractivity (Wildman–Crippen MR) is 156 cm³/mol. The van der Waals surface area contributed by atoms with Crippen molar-refractivity contribution in [2.45, 2.75) is 25.7 Å². The molecule has 10 nitrogen and oxygen atoms in total. The molecular weight excluding hydrogens is 611 g/mol. The van der Waals surface area contributed by atoms with Crippen molar-refractivity contribution < 1.29 is 47.4 Å². The van der Waals surface area contributed by atoms with Gasteiger partial charge >= 0.3 is 0 Å². The molecule has 0 aromatic rings. The molecule has 0 aromatic heterocycles. The van der Waals surface area contributed by atoms with Crippen LogP contribution in [0.1, 0.15) is 25.7 Å². The first kappa shape index (κ1) is 38.1. The summed E-state index contributed by atoms with van der Waals surface area (Å²) < 4.78 is 55.6. The maximum absolute atomic E-state index is 5.55. The van der Waals surface area contributed by atoms with Gasteiger partial charge in [0, 0.05) is 6.61 Å². The highest BCUT2D eigenvalue weighted by Crippen LogP contribution is 2.02. The first-order valence-corrected chi connectivity index (χ1v) is 15.4. The molecule has 0 spiro atoms. The van der Waals surface area contributed by atoms with Crippen molar-refractivity contribution in [3.8, 4) is 0 Å². The molecule has 0 aliphatic rings. The Morgan fingerprint density at radius 1 is 0.342 bits per heavy atom. The summed E-state index contributed by atoms with van der Waals surface area (Å²) in [5.41, 5.74) is 0. The van der Waals surface area contributed by atoms with Crippen LogP contribution in [0, 0.1) is 0 Å². The topological polar surface area (TPSA) is 92.3 Å². The number of halogens is 1. The molecule has 38 heavy (non-hydrogen) atoms. The highest BCUT2D eigenvalue weighted by atomic mass is 127. The fourth-order valence-electron chi connectivity index (χ4n) is 2.80. The standard InChI is InChI=1S/C27H53IO10/c1-2-8-29-10-12-31-14-16-33-18-20-35-22-24-37-26-27-38-25-23-36-21-19-34-17-15-32-13-11-30-9-6-4-3-5-7-28/h2H,1,3-27H2. The van der Waals surface area contributed by atoms with Crippen LogP contribution < -0.4 is 0 Å². The molecule has 0 saturated carbocycles. The number of alkyl halides is 1. The zero-order valence-electron chi connectivity index (χ0n) is 23.4. The van der Waals surface area contributed by atoms with E-state index in [1.807, 2.05) is 0 Å². The number of hydrogen-bond donors (Lipinski definition) is 0. The van der Waals surface area contributed by atoms with Crippen LogP contribution in [-0.2, 0) is 47.4 Å². The van der Waals surface area contributed by atoms with Crippen molar-refractivity contribution in [3.05, 3.63) is 12.7 Å². The zero-order valence-corrected chi connectivity index (χ0v) is 25.6. The molecule has 0 radical (unpaired) electrons. The van der Waals surface area contributed by atoms with Crippen molar-refractivity contribution in [1.29, 1.82) is 0 Å². The number of rotatable bonds is 35. The van der Waals surface area contributed by atoms with E-state index in [2.05, 4.69) is 29.2 Å². The van der Waals surface area contributed by atoms with Gasteiger partial charge in [-0.25, -0.2) is 0 Å². The number of ether oxygens (including phenoxy) is 10. The molecule has 0 saturated heterocycles. The summed E-state index contributed by atoms with van der Waals surface area (Å²) in [5.74, 6) is 0. The largest absolute Gasteiger partial charge is 0.379 e. The van der Waals surface area contributed by atoms with Gasteiger partial charge in [0.2, 0.25) is 0 Å². The van der Waals surface area contributed by atoms with Gasteiger partial charge in [0.1, 0.15) is 0 Å². The monoisotopic (exact) mass is 664 g/mol. The molecule has 0 aromatic carbocycles. The third-order valence-corrected chi connectivity index (χ3v) is 5.52. The highest BCUT2D eigenvalue weighted by molar-refractivity contribution is 14.1. The van der Waals surface area contributed by atoms with E-state index in [1.165, 1.54) is 23.7 Å². The second kappa shape index (κ2) is 37.1. The molecule has 0 aliphatic carbocycles. The van der Waals surface area contributed by atoms with Crippen molar-refractivity contribution in [1.82, 2.24) is 0 Å². The molecule has 0 unspecified atom stereocenters. The fourth-order valence-corrected chi connectivity index (χ4v) is 3.34. The van der Waals surface area contributed by atoms with Crippen molar-refractivity contribution in [3.63, 3.8) is 0 Å². The summed E-state index contributed by atoms with van der Waals surface area (Å²) in [4.78, 5) is 0.